The first-order chi connectivity index (χ1) is 8.56. The van der Waals surface area contributed by atoms with Gasteiger partial charge in [0.1, 0.15) is 5.75 Å². The summed E-state index contributed by atoms with van der Waals surface area (Å²) in [5.41, 5.74) is 2.02. The van der Waals surface area contributed by atoms with Crippen molar-refractivity contribution >= 4 is 49.1 Å². The second-order valence-electron chi connectivity index (χ2n) is 3.77. The van der Waals surface area contributed by atoms with Crippen LogP contribution in [0.15, 0.2) is 45.3 Å². The van der Waals surface area contributed by atoms with Gasteiger partial charge < -0.3 is 10.4 Å². The van der Waals surface area contributed by atoms with E-state index in [1.54, 1.807) is 18.2 Å². The van der Waals surface area contributed by atoms with E-state index >= 15 is 0 Å². The lowest BCUT2D eigenvalue weighted by Crippen LogP contribution is -1.99. The van der Waals surface area contributed by atoms with Gasteiger partial charge in [0, 0.05) is 21.2 Å². The Bertz CT molecular complexity index is 523. The number of hydrogen-bond donors (Lipinski definition) is 2. The Hall–Kier alpha value is -0.710. The van der Waals surface area contributed by atoms with Crippen molar-refractivity contribution in [2.75, 3.05) is 5.32 Å². The van der Waals surface area contributed by atoms with Crippen molar-refractivity contribution in [3.8, 4) is 5.75 Å². The molecule has 94 valence electrons. The zero-order valence-electron chi connectivity index (χ0n) is 9.25. The first-order valence-corrected chi connectivity index (χ1v) is 7.19. The molecule has 2 N–H and O–H groups in total. The van der Waals surface area contributed by atoms with E-state index in [2.05, 4.69) is 37.2 Å². The molecule has 0 amide bonds. The molecule has 5 heteroatoms. The summed E-state index contributed by atoms with van der Waals surface area (Å²) in [5.74, 6) is 0.0913. The molecule has 0 saturated heterocycles. The lowest BCUT2D eigenvalue weighted by Gasteiger charge is -2.08. The third kappa shape index (κ3) is 3.40. The van der Waals surface area contributed by atoms with Gasteiger partial charge in [-0.25, -0.2) is 0 Å². The number of hydrogen-bond acceptors (Lipinski definition) is 2. The highest BCUT2D eigenvalue weighted by Gasteiger charge is 2.01. The number of nitrogens with one attached hydrogen (secondary N) is 1. The second-order valence-corrected chi connectivity index (χ2v) is 5.88. The largest absolute Gasteiger partial charge is 0.506 e. The molecule has 18 heavy (non-hydrogen) atoms. The van der Waals surface area contributed by atoms with Gasteiger partial charge in [-0.1, -0.05) is 17.7 Å². The minimum atomic E-state index is 0.0913. The first-order valence-electron chi connectivity index (χ1n) is 5.22. The fourth-order valence-corrected chi connectivity index (χ4v) is 2.32. The zero-order valence-corrected chi connectivity index (χ0v) is 13.2. The van der Waals surface area contributed by atoms with E-state index in [4.69, 9.17) is 11.6 Å². The minimum Gasteiger partial charge on any atom is -0.506 e. The van der Waals surface area contributed by atoms with E-state index in [0.29, 0.717) is 11.6 Å². The lowest BCUT2D eigenvalue weighted by atomic mass is 10.2. The molecule has 0 aliphatic carbocycles. The standard InChI is InChI=1S/C13H10Br2ClNO/c14-10-3-1-8(5-11(10)15)7-17-9-2-4-13(18)12(16)6-9/h1-6,17-18H,7H2. The fraction of sp³-hybridized carbons (Fsp3) is 0.0769. The Morgan fingerprint density at radius 2 is 1.83 bits per heavy atom. The van der Waals surface area contributed by atoms with E-state index < -0.39 is 0 Å². The summed E-state index contributed by atoms with van der Waals surface area (Å²) >= 11 is 12.7. The number of rotatable bonds is 3. The van der Waals surface area contributed by atoms with Gasteiger partial charge in [-0.15, -0.1) is 0 Å². The van der Waals surface area contributed by atoms with Crippen LogP contribution in [0.1, 0.15) is 5.56 Å². The van der Waals surface area contributed by atoms with Crippen molar-refractivity contribution in [1.82, 2.24) is 0 Å². The second kappa shape index (κ2) is 5.95. The zero-order chi connectivity index (χ0) is 13.1. The molecule has 0 fully saturated rings. The Balaban J connectivity index is 2.06. The van der Waals surface area contributed by atoms with Gasteiger partial charge >= 0.3 is 0 Å². The van der Waals surface area contributed by atoms with Crippen molar-refractivity contribution in [2.45, 2.75) is 6.54 Å². The van der Waals surface area contributed by atoms with Crippen LogP contribution >= 0.6 is 43.5 Å². The van der Waals surface area contributed by atoms with Crippen molar-refractivity contribution in [3.05, 3.63) is 55.9 Å². The van der Waals surface area contributed by atoms with Crippen LogP contribution in [0, 0.1) is 0 Å². The topological polar surface area (TPSA) is 32.3 Å². The average Bonchev–Trinajstić information content (AvgIpc) is 2.35. The monoisotopic (exact) mass is 389 g/mol. The summed E-state index contributed by atoms with van der Waals surface area (Å²) in [5, 5.41) is 12.9. The Labute approximate surface area is 127 Å². The SMILES string of the molecule is Oc1ccc(NCc2ccc(Br)c(Br)c2)cc1Cl. The van der Waals surface area contributed by atoms with Gasteiger partial charge in [0.2, 0.25) is 0 Å². The van der Waals surface area contributed by atoms with Crippen LogP contribution in [0.4, 0.5) is 5.69 Å². The number of halogens is 3. The molecule has 2 nitrogen and oxygen atoms in total. The van der Waals surface area contributed by atoms with Crippen molar-refractivity contribution < 1.29 is 5.11 Å². The fourth-order valence-electron chi connectivity index (χ4n) is 1.47. The van der Waals surface area contributed by atoms with Crippen LogP contribution in [0.2, 0.25) is 5.02 Å². The maximum atomic E-state index is 9.32. The smallest absolute Gasteiger partial charge is 0.134 e. The molecule has 2 aromatic rings. The average molecular weight is 391 g/mol. The maximum absolute atomic E-state index is 9.32. The van der Waals surface area contributed by atoms with Gasteiger partial charge in [0.15, 0.2) is 0 Å². The predicted molar refractivity (Wildman–Crippen MR) is 82.3 cm³/mol. The van der Waals surface area contributed by atoms with E-state index in [1.165, 1.54) is 0 Å². The van der Waals surface area contributed by atoms with E-state index in [9.17, 15) is 5.11 Å². The highest BCUT2D eigenvalue weighted by Crippen LogP contribution is 2.27. The Morgan fingerprint density at radius 1 is 1.06 bits per heavy atom. The summed E-state index contributed by atoms with van der Waals surface area (Å²) in [6, 6.07) is 11.1. The summed E-state index contributed by atoms with van der Waals surface area (Å²) < 4.78 is 2.05. The van der Waals surface area contributed by atoms with E-state index in [-0.39, 0.29) is 5.75 Å². The van der Waals surface area contributed by atoms with E-state index in [1.807, 2.05) is 18.2 Å². The molecule has 0 atom stereocenters. The Kier molecular flexibility index (Phi) is 4.54. The number of phenols is 1. The summed E-state index contributed by atoms with van der Waals surface area (Å²) in [6.45, 7) is 0.687. The molecule has 0 aliphatic heterocycles. The van der Waals surface area contributed by atoms with Crippen LogP contribution in [0.3, 0.4) is 0 Å². The number of anilines is 1. The van der Waals surface area contributed by atoms with Crippen LogP contribution in [-0.2, 0) is 6.54 Å². The molecule has 2 aromatic carbocycles. The van der Waals surface area contributed by atoms with Crippen LogP contribution in [0.5, 0.6) is 5.75 Å². The molecular formula is C13H10Br2ClNO. The van der Waals surface area contributed by atoms with Gasteiger partial charge in [-0.05, 0) is 67.8 Å². The first kappa shape index (κ1) is 13.7. The molecular weight excluding hydrogens is 381 g/mol. The van der Waals surface area contributed by atoms with Gasteiger partial charge in [-0.2, -0.15) is 0 Å². The van der Waals surface area contributed by atoms with Crippen molar-refractivity contribution in [1.29, 1.82) is 0 Å². The van der Waals surface area contributed by atoms with Gasteiger partial charge in [0.05, 0.1) is 5.02 Å². The highest BCUT2D eigenvalue weighted by atomic mass is 79.9. The van der Waals surface area contributed by atoms with Crippen molar-refractivity contribution in [2.24, 2.45) is 0 Å². The molecule has 0 saturated carbocycles. The predicted octanol–water partition coefficient (Wildman–Crippen LogP) is 5.18. The maximum Gasteiger partial charge on any atom is 0.134 e. The van der Waals surface area contributed by atoms with Crippen LogP contribution in [-0.4, -0.2) is 5.11 Å². The lowest BCUT2D eigenvalue weighted by molar-refractivity contribution is 0.475. The molecule has 0 radical (unpaired) electrons. The number of aromatic hydroxyl groups is 1. The minimum absolute atomic E-state index is 0.0913. The third-order valence-electron chi connectivity index (χ3n) is 2.43. The van der Waals surface area contributed by atoms with Crippen LogP contribution < -0.4 is 5.32 Å². The summed E-state index contributed by atoms with van der Waals surface area (Å²) in [4.78, 5) is 0. The Morgan fingerprint density at radius 3 is 2.50 bits per heavy atom. The van der Waals surface area contributed by atoms with Crippen molar-refractivity contribution in [3.63, 3.8) is 0 Å². The van der Waals surface area contributed by atoms with Gasteiger partial charge in [0.25, 0.3) is 0 Å². The molecule has 0 bridgehead atoms. The summed E-state index contributed by atoms with van der Waals surface area (Å²) in [7, 11) is 0. The number of benzene rings is 2. The molecule has 0 heterocycles. The number of phenolic OH excluding ortho intramolecular Hbond substituents is 1. The molecule has 0 spiro atoms. The molecule has 0 aromatic heterocycles. The van der Waals surface area contributed by atoms with E-state index in [0.717, 1.165) is 20.2 Å². The summed E-state index contributed by atoms with van der Waals surface area (Å²) in [6.07, 6.45) is 0. The quantitative estimate of drug-likeness (QED) is 0.707. The molecule has 0 aliphatic rings. The molecule has 2 rings (SSSR count). The highest BCUT2D eigenvalue weighted by molar-refractivity contribution is 9.13. The normalized spacial score (nSPS) is 10.4. The van der Waals surface area contributed by atoms with Gasteiger partial charge in [-0.3, -0.25) is 0 Å². The molecule has 0 unspecified atom stereocenters. The third-order valence-corrected chi connectivity index (χ3v) is 4.61. The van der Waals surface area contributed by atoms with Crippen LogP contribution in [0.25, 0.3) is 0 Å².